The number of H-pyrrole nitrogens is 1. The molecule has 0 aliphatic rings. The van der Waals surface area contributed by atoms with Crippen LogP contribution in [-0.2, 0) is 21.2 Å². The fourth-order valence-corrected chi connectivity index (χ4v) is 4.76. The third-order valence-corrected chi connectivity index (χ3v) is 7.38. The van der Waals surface area contributed by atoms with Crippen molar-refractivity contribution >= 4 is 26.8 Å². The van der Waals surface area contributed by atoms with E-state index in [0.717, 1.165) is 39.0 Å². The van der Waals surface area contributed by atoms with E-state index in [9.17, 15) is 13.2 Å². The number of carbonyl (C=O) groups is 1. The van der Waals surface area contributed by atoms with Crippen molar-refractivity contribution < 1.29 is 17.9 Å². The summed E-state index contributed by atoms with van der Waals surface area (Å²) in [5, 5.41) is 6.28. The number of rotatable bonds is 8. The molecule has 182 valence electrons. The van der Waals surface area contributed by atoms with Crippen LogP contribution in [0.2, 0.25) is 0 Å². The Bertz CT molecular complexity index is 1440. The number of nitrogens with one attached hydrogen (secondary N) is 1. The van der Waals surface area contributed by atoms with E-state index in [1.165, 1.54) is 12.1 Å². The molecule has 0 spiro atoms. The van der Waals surface area contributed by atoms with E-state index < -0.39 is 10.0 Å². The lowest BCUT2D eigenvalue weighted by atomic mass is 10.00. The average molecular weight is 492 g/mol. The number of aryl methyl sites for hydroxylation is 1. The monoisotopic (exact) mass is 491 g/mol. The van der Waals surface area contributed by atoms with Crippen molar-refractivity contribution in [1.29, 1.82) is 0 Å². The van der Waals surface area contributed by atoms with Crippen molar-refractivity contribution in [3.8, 4) is 17.0 Å². The Morgan fingerprint density at radius 2 is 1.69 bits per heavy atom. The van der Waals surface area contributed by atoms with Gasteiger partial charge in [-0.25, -0.2) is 13.6 Å². The molecule has 1 atom stereocenters. The van der Waals surface area contributed by atoms with Gasteiger partial charge in [0.2, 0.25) is 15.9 Å². The number of para-hydroxylation sites is 1. The van der Waals surface area contributed by atoms with Crippen molar-refractivity contribution in [3.63, 3.8) is 0 Å². The van der Waals surface area contributed by atoms with E-state index in [1.54, 1.807) is 31.2 Å². The topological polar surface area (TPSA) is 105 Å². The van der Waals surface area contributed by atoms with Crippen molar-refractivity contribution in [3.05, 3.63) is 83.9 Å². The number of fused-ring (bicyclic) bond motifs is 1. The maximum atomic E-state index is 13.1. The minimum atomic E-state index is -3.76. The highest BCUT2D eigenvalue weighted by Crippen LogP contribution is 2.32. The van der Waals surface area contributed by atoms with Gasteiger partial charge in [0, 0.05) is 30.1 Å². The lowest BCUT2D eigenvalue weighted by molar-refractivity contribution is -0.131. The lowest BCUT2D eigenvalue weighted by Gasteiger charge is -2.25. The van der Waals surface area contributed by atoms with Crippen molar-refractivity contribution in [2.24, 2.45) is 5.14 Å². The van der Waals surface area contributed by atoms with E-state index in [1.807, 2.05) is 49.4 Å². The first-order chi connectivity index (χ1) is 16.7. The Kier molecular flexibility index (Phi) is 6.95. The molecule has 1 aromatic heterocycles. The van der Waals surface area contributed by atoms with Gasteiger partial charge in [-0.05, 0) is 72.5 Å². The predicted octanol–water partition coefficient (Wildman–Crippen LogP) is 4.64. The second-order valence-electron chi connectivity index (χ2n) is 8.55. The van der Waals surface area contributed by atoms with Gasteiger partial charge < -0.3 is 14.6 Å². The molecule has 0 fully saturated rings. The molecule has 1 amide bonds. The van der Waals surface area contributed by atoms with Gasteiger partial charge in [0.1, 0.15) is 5.75 Å². The highest BCUT2D eigenvalue weighted by Gasteiger charge is 2.20. The van der Waals surface area contributed by atoms with Crippen LogP contribution in [-0.4, -0.2) is 38.4 Å². The smallest absolute Gasteiger partial charge is 0.238 e. The van der Waals surface area contributed by atoms with Crippen LogP contribution in [0.5, 0.6) is 5.75 Å². The van der Waals surface area contributed by atoms with Crippen LogP contribution in [0.15, 0.2) is 77.7 Å². The van der Waals surface area contributed by atoms with Gasteiger partial charge in [0.05, 0.1) is 18.0 Å². The molecular formula is C27H29N3O4S. The standard InChI is InChI=1S/C27H29N3O4S/c1-18(19-10-14-22(15-11-19)35(28,32)33)30(2)26(31)17-16-24-23-6-4-5-7-25(23)29-27(24)20-8-12-21(34-3)13-9-20/h4-15,18,29H,16-17H2,1-3H3,(H2,28,32,33). The van der Waals surface area contributed by atoms with Crippen LogP contribution >= 0.6 is 0 Å². The molecule has 3 N–H and O–H groups in total. The first kappa shape index (κ1) is 24.5. The molecule has 35 heavy (non-hydrogen) atoms. The van der Waals surface area contributed by atoms with Crippen LogP contribution in [0.3, 0.4) is 0 Å². The summed E-state index contributed by atoms with van der Waals surface area (Å²) in [6.07, 6.45) is 0.909. The summed E-state index contributed by atoms with van der Waals surface area (Å²) < 4.78 is 28.3. The van der Waals surface area contributed by atoms with E-state index in [4.69, 9.17) is 9.88 Å². The highest BCUT2D eigenvalue weighted by molar-refractivity contribution is 7.89. The number of sulfonamides is 1. The van der Waals surface area contributed by atoms with Crippen molar-refractivity contribution in [2.75, 3.05) is 14.2 Å². The largest absolute Gasteiger partial charge is 0.497 e. The van der Waals surface area contributed by atoms with Gasteiger partial charge in [0.25, 0.3) is 0 Å². The summed E-state index contributed by atoms with van der Waals surface area (Å²) in [7, 11) is -0.351. The average Bonchev–Trinajstić information content (AvgIpc) is 3.24. The second kappa shape index (κ2) is 9.93. The van der Waals surface area contributed by atoms with Gasteiger partial charge >= 0.3 is 0 Å². The third-order valence-electron chi connectivity index (χ3n) is 6.45. The molecule has 3 aromatic carbocycles. The van der Waals surface area contributed by atoms with Crippen LogP contribution in [0, 0.1) is 0 Å². The van der Waals surface area contributed by atoms with Crippen molar-refractivity contribution in [2.45, 2.75) is 30.7 Å². The van der Waals surface area contributed by atoms with Gasteiger partial charge in [-0.1, -0.05) is 30.3 Å². The summed E-state index contributed by atoms with van der Waals surface area (Å²) in [6.45, 7) is 1.92. The quantitative estimate of drug-likeness (QED) is 0.374. The number of nitrogens with two attached hydrogens (primary N) is 1. The van der Waals surface area contributed by atoms with Crippen LogP contribution in [0.1, 0.15) is 30.5 Å². The van der Waals surface area contributed by atoms with Gasteiger partial charge in [0.15, 0.2) is 0 Å². The van der Waals surface area contributed by atoms with Gasteiger partial charge in [-0.2, -0.15) is 0 Å². The normalized spacial score (nSPS) is 12.5. The number of benzene rings is 3. The molecule has 1 unspecified atom stereocenters. The van der Waals surface area contributed by atoms with Crippen LogP contribution in [0.25, 0.3) is 22.2 Å². The summed E-state index contributed by atoms with van der Waals surface area (Å²) in [4.78, 5) is 18.4. The minimum Gasteiger partial charge on any atom is -0.497 e. The molecule has 8 heteroatoms. The second-order valence-corrected chi connectivity index (χ2v) is 10.1. The van der Waals surface area contributed by atoms with Gasteiger partial charge in [-0.3, -0.25) is 4.79 Å². The number of nitrogens with zero attached hydrogens (tertiary/aromatic N) is 1. The Hall–Kier alpha value is -3.62. The maximum Gasteiger partial charge on any atom is 0.238 e. The first-order valence-corrected chi connectivity index (χ1v) is 12.9. The molecule has 0 bridgehead atoms. The zero-order valence-electron chi connectivity index (χ0n) is 20.0. The van der Waals surface area contributed by atoms with E-state index >= 15 is 0 Å². The van der Waals surface area contributed by atoms with Crippen LogP contribution in [0.4, 0.5) is 0 Å². The molecule has 0 saturated carbocycles. The Morgan fingerprint density at radius 1 is 1.03 bits per heavy atom. The van der Waals surface area contributed by atoms with Crippen molar-refractivity contribution in [1.82, 2.24) is 9.88 Å². The fourth-order valence-electron chi connectivity index (χ4n) is 4.25. The zero-order chi connectivity index (χ0) is 25.2. The van der Waals surface area contributed by atoms with E-state index in [0.29, 0.717) is 12.8 Å². The minimum absolute atomic E-state index is 0.000940. The number of primary sulfonamides is 1. The zero-order valence-corrected chi connectivity index (χ0v) is 20.8. The fraction of sp³-hybridized carbons (Fsp3) is 0.222. The molecule has 0 aliphatic heterocycles. The van der Waals surface area contributed by atoms with Gasteiger partial charge in [-0.15, -0.1) is 0 Å². The molecule has 0 saturated heterocycles. The SMILES string of the molecule is COc1ccc(-c2[nH]c3ccccc3c2CCC(=O)N(C)C(C)c2ccc(S(N)(=O)=O)cc2)cc1. The molecule has 4 aromatic rings. The predicted molar refractivity (Wildman–Crippen MR) is 138 cm³/mol. The molecule has 7 nitrogen and oxygen atoms in total. The number of hydrogen-bond donors (Lipinski definition) is 2. The Balaban J connectivity index is 1.54. The number of ether oxygens (including phenoxy) is 1. The van der Waals surface area contributed by atoms with Crippen LogP contribution < -0.4 is 9.88 Å². The molecule has 4 rings (SSSR count). The Morgan fingerprint density at radius 3 is 2.31 bits per heavy atom. The summed E-state index contributed by atoms with van der Waals surface area (Å²) in [5.74, 6) is 0.785. The summed E-state index contributed by atoms with van der Waals surface area (Å²) in [6, 6.07) is 22.0. The number of methoxy groups -OCH3 is 1. The summed E-state index contributed by atoms with van der Waals surface area (Å²) >= 11 is 0. The highest BCUT2D eigenvalue weighted by atomic mass is 32.2. The number of aromatic amines is 1. The first-order valence-electron chi connectivity index (χ1n) is 11.3. The summed E-state index contributed by atoms with van der Waals surface area (Å²) in [5.41, 5.74) is 4.98. The third kappa shape index (κ3) is 5.23. The Labute approximate surface area is 205 Å². The number of hydrogen-bond acceptors (Lipinski definition) is 4. The lowest BCUT2D eigenvalue weighted by Crippen LogP contribution is -2.29. The number of amides is 1. The number of carbonyl (C=O) groups excluding carboxylic acids is 1. The molecule has 1 heterocycles. The van der Waals surface area contributed by atoms with E-state index in [2.05, 4.69) is 11.1 Å². The molecule has 0 aliphatic carbocycles. The van der Waals surface area contributed by atoms with E-state index in [-0.39, 0.29) is 16.8 Å². The number of aromatic nitrogens is 1. The molecular weight excluding hydrogens is 462 g/mol. The molecule has 0 radical (unpaired) electrons. The maximum absolute atomic E-state index is 13.1.